The van der Waals surface area contributed by atoms with Gasteiger partial charge in [-0.3, -0.25) is 4.99 Å². The summed E-state index contributed by atoms with van der Waals surface area (Å²) in [7, 11) is 0. The monoisotopic (exact) mass is 440 g/mol. The van der Waals surface area contributed by atoms with E-state index in [-0.39, 0.29) is 35.2 Å². The highest BCUT2D eigenvalue weighted by atomic mass is 19.4. The summed E-state index contributed by atoms with van der Waals surface area (Å²) in [5, 5.41) is 9.83. The largest absolute Gasteiger partial charge is 0.471 e. The Labute approximate surface area is 191 Å². The second kappa shape index (κ2) is 10.3. The van der Waals surface area contributed by atoms with Crippen LogP contribution in [0.25, 0.3) is 0 Å². The van der Waals surface area contributed by atoms with Crippen molar-refractivity contribution in [1.82, 2.24) is 0 Å². The van der Waals surface area contributed by atoms with Crippen molar-refractivity contribution >= 4 is 5.71 Å². The molecule has 0 unspecified atom stereocenters. The van der Waals surface area contributed by atoms with Crippen LogP contribution in [-0.2, 0) is 19.1 Å². The molecular weight excluding hydrogens is 403 g/mol. The van der Waals surface area contributed by atoms with E-state index in [1.165, 1.54) is 25.1 Å². The summed E-state index contributed by atoms with van der Waals surface area (Å²) in [5.74, 6) is -0.162. The summed E-state index contributed by atoms with van der Waals surface area (Å²) in [6.45, 7) is -5.01. The molecule has 1 saturated carbocycles. The number of ether oxygens (including phenoxy) is 1. The van der Waals surface area contributed by atoms with Crippen LogP contribution in [0.2, 0.25) is 0 Å². The van der Waals surface area contributed by atoms with E-state index >= 15 is 0 Å². The number of benzene rings is 2. The fraction of sp³-hybridized carbons (Fsp3) is 0.480. The first-order valence-corrected chi connectivity index (χ1v) is 10.2. The molecule has 2 aromatic rings. The van der Waals surface area contributed by atoms with Crippen molar-refractivity contribution in [3.8, 4) is 5.75 Å². The maximum atomic E-state index is 13.8. The number of nitrogens with zero attached hydrogens (tertiary/aromatic N) is 1. The van der Waals surface area contributed by atoms with Crippen LogP contribution in [0.3, 0.4) is 0 Å². The highest BCUT2D eigenvalue weighted by Gasteiger charge is 2.36. The first-order chi connectivity index (χ1) is 17.4. The molecule has 0 radical (unpaired) electrons. The van der Waals surface area contributed by atoms with Crippen LogP contribution in [-0.4, -0.2) is 17.5 Å². The molecule has 6 heteroatoms. The van der Waals surface area contributed by atoms with E-state index in [0.29, 0.717) is 12.8 Å². The third-order valence-corrected chi connectivity index (χ3v) is 5.60. The van der Waals surface area contributed by atoms with Gasteiger partial charge >= 0.3 is 6.18 Å². The van der Waals surface area contributed by atoms with Gasteiger partial charge in [0.05, 0.1) is 14.9 Å². The van der Waals surface area contributed by atoms with Crippen molar-refractivity contribution in [3.63, 3.8) is 0 Å². The van der Waals surface area contributed by atoms with Gasteiger partial charge < -0.3 is 9.84 Å². The van der Waals surface area contributed by atoms with Crippen LogP contribution in [0.4, 0.5) is 13.2 Å². The minimum Gasteiger partial charge on any atom is -0.471 e. The Morgan fingerprint density at radius 3 is 2.61 bits per heavy atom. The van der Waals surface area contributed by atoms with Crippen LogP contribution in [0, 0.1) is 0 Å². The van der Waals surface area contributed by atoms with Crippen molar-refractivity contribution in [1.29, 1.82) is 0 Å². The Morgan fingerprint density at radius 2 is 1.94 bits per heavy atom. The Hall–Kier alpha value is -2.34. The Kier molecular flexibility index (Phi) is 5.14. The third-order valence-electron chi connectivity index (χ3n) is 5.60. The molecule has 0 atom stereocenters. The van der Waals surface area contributed by atoms with Crippen LogP contribution in [0.5, 0.6) is 5.75 Å². The molecule has 3 nitrogen and oxygen atoms in total. The summed E-state index contributed by atoms with van der Waals surface area (Å²) >= 11 is 0. The average Bonchev–Trinajstić information content (AvgIpc) is 2.82. The van der Waals surface area contributed by atoms with E-state index in [2.05, 4.69) is 4.99 Å². The average molecular weight is 441 g/mol. The molecule has 0 heterocycles. The molecule has 1 aliphatic carbocycles. The van der Waals surface area contributed by atoms with Gasteiger partial charge in [0.25, 0.3) is 0 Å². The van der Waals surface area contributed by atoms with E-state index in [9.17, 15) is 18.3 Å². The predicted octanol–water partition coefficient (Wildman–Crippen LogP) is 6.65. The lowest BCUT2D eigenvalue weighted by molar-refractivity contribution is -0.138. The summed E-state index contributed by atoms with van der Waals surface area (Å²) in [6, 6.07) is 7.40. The van der Waals surface area contributed by atoms with E-state index in [4.69, 9.17) is 14.3 Å². The van der Waals surface area contributed by atoms with Gasteiger partial charge in [0.1, 0.15) is 5.75 Å². The topological polar surface area (TPSA) is 41.8 Å². The van der Waals surface area contributed by atoms with Gasteiger partial charge in [0.15, 0.2) is 6.73 Å². The molecule has 0 aromatic heterocycles. The fourth-order valence-electron chi connectivity index (χ4n) is 3.91. The molecule has 0 saturated heterocycles. The number of hydrogen-bond acceptors (Lipinski definition) is 3. The molecule has 1 N–H and O–H groups in total. The maximum Gasteiger partial charge on any atom is 0.416 e. The van der Waals surface area contributed by atoms with E-state index in [1.54, 1.807) is 0 Å². The zero-order chi connectivity index (χ0) is 28.5. The number of aliphatic hydroxyl groups is 1. The Bertz CT molecular complexity index is 1170. The second-order valence-corrected chi connectivity index (χ2v) is 7.60. The van der Waals surface area contributed by atoms with Gasteiger partial charge in [-0.05, 0) is 72.5 Å². The van der Waals surface area contributed by atoms with Crippen molar-refractivity contribution in [2.45, 2.75) is 70.9 Å². The van der Waals surface area contributed by atoms with E-state index in [0.717, 1.165) is 37.5 Å². The van der Waals surface area contributed by atoms with Crippen LogP contribution in [0.1, 0.15) is 89.2 Å². The van der Waals surface area contributed by atoms with Crippen LogP contribution in [0.15, 0.2) is 41.4 Å². The first-order valence-electron chi connectivity index (χ1n) is 13.7. The van der Waals surface area contributed by atoms with E-state index in [1.807, 2.05) is 0 Å². The normalized spacial score (nSPS) is 20.5. The quantitative estimate of drug-likeness (QED) is 0.490. The molecule has 31 heavy (non-hydrogen) atoms. The summed E-state index contributed by atoms with van der Waals surface area (Å²) in [4.78, 5) is 4.16. The van der Waals surface area contributed by atoms with Crippen LogP contribution < -0.4 is 4.74 Å². The molecule has 168 valence electrons. The third kappa shape index (κ3) is 5.88. The molecular formula is C25H30F3NO2. The van der Waals surface area contributed by atoms with Gasteiger partial charge in [-0.25, -0.2) is 0 Å². The first kappa shape index (κ1) is 15.5. The van der Waals surface area contributed by atoms with Crippen molar-refractivity contribution in [2.24, 2.45) is 4.99 Å². The summed E-state index contributed by atoms with van der Waals surface area (Å²) in [6.07, 6.45) is -3.28. The highest BCUT2D eigenvalue weighted by Crippen LogP contribution is 2.42. The minimum absolute atomic E-state index is 0.0170. The van der Waals surface area contributed by atoms with Crippen molar-refractivity contribution in [3.05, 3.63) is 64.2 Å². The smallest absolute Gasteiger partial charge is 0.416 e. The highest BCUT2D eigenvalue weighted by molar-refractivity contribution is 5.98. The van der Waals surface area contributed by atoms with Gasteiger partial charge in [0, 0.05) is 12.6 Å². The standard InChI is InChI=1S/C25H30F3NO2/c1-3-18-13-20(9-10-21(18)15-30)17(2)29-16-31-22-11-12-23(19-7-5-4-6-8-19)24(14-22)25(26,27)28/h9-14,19,30H,3-8,15-16H2,1-2H3/b29-17+/i1D3,3D2,15D2. The van der Waals surface area contributed by atoms with E-state index < -0.39 is 42.7 Å². The molecule has 1 aliphatic rings. The minimum atomic E-state index is -4.54. The lowest BCUT2D eigenvalue weighted by atomic mass is 9.82. The number of aryl methyl sites for hydroxylation is 1. The Balaban J connectivity index is 1.86. The SMILES string of the molecule is [2H]C([2H])(O)c1ccc(/C(C)=N/COc2ccc(C3CCCCC3)c(C(F)(F)F)c2)cc1C([2H])([2H])C([2H])([2H])[2H]. The lowest BCUT2D eigenvalue weighted by Gasteiger charge is -2.25. The molecule has 1 fully saturated rings. The number of aliphatic imine (C=N–C) groups is 1. The molecule has 0 aliphatic heterocycles. The summed E-state index contributed by atoms with van der Waals surface area (Å²) in [5.41, 5.74) is -1.09. The maximum absolute atomic E-state index is 13.8. The van der Waals surface area contributed by atoms with Crippen LogP contribution >= 0.6 is 0 Å². The number of alkyl halides is 3. The molecule has 0 spiro atoms. The zero-order valence-electron chi connectivity index (χ0n) is 24.2. The van der Waals surface area contributed by atoms with Crippen molar-refractivity contribution < 1.29 is 32.6 Å². The predicted molar refractivity (Wildman–Crippen MR) is 117 cm³/mol. The van der Waals surface area contributed by atoms with Crippen molar-refractivity contribution in [2.75, 3.05) is 6.73 Å². The molecule has 0 bridgehead atoms. The number of hydrogen-bond donors (Lipinski definition) is 1. The van der Waals surface area contributed by atoms with Gasteiger partial charge in [-0.1, -0.05) is 44.3 Å². The molecule has 0 amide bonds. The Morgan fingerprint density at radius 1 is 1.16 bits per heavy atom. The summed E-state index contributed by atoms with van der Waals surface area (Å²) < 4.78 is 101. The van der Waals surface area contributed by atoms with Gasteiger partial charge in [-0.15, -0.1) is 0 Å². The lowest BCUT2D eigenvalue weighted by Crippen LogP contribution is -2.14. The second-order valence-electron chi connectivity index (χ2n) is 7.60. The van der Waals surface area contributed by atoms with Gasteiger partial charge in [0.2, 0.25) is 0 Å². The molecule has 2 aromatic carbocycles. The number of rotatable bonds is 7. The van der Waals surface area contributed by atoms with Gasteiger partial charge in [-0.2, -0.15) is 13.2 Å². The fourth-order valence-corrected chi connectivity index (χ4v) is 3.91. The molecule has 3 rings (SSSR count). The zero-order valence-corrected chi connectivity index (χ0v) is 17.2. The number of halogens is 3.